The average molecular weight is 233 g/mol. The number of anilines is 1. The fraction of sp³-hybridized carbons (Fsp3) is 0.692. The van der Waals surface area contributed by atoms with Gasteiger partial charge in [0.15, 0.2) is 0 Å². The smallest absolute Gasteiger partial charge is 0.218 e. The Balaban J connectivity index is 1.64. The Hall–Kier alpha value is -1.32. The standard InChI is InChI=1S/C13H19N3O/c14-11-7-12(16-13(15-11)10-5-6-10)17-8-9-3-1-2-4-9/h7,9-10H,1-6,8H2,(H2,14,15,16). The quantitative estimate of drug-likeness (QED) is 0.868. The Kier molecular flexibility index (Phi) is 2.87. The minimum Gasteiger partial charge on any atom is -0.477 e. The summed E-state index contributed by atoms with van der Waals surface area (Å²) >= 11 is 0. The number of nitrogens with two attached hydrogens (primary N) is 1. The van der Waals surface area contributed by atoms with Gasteiger partial charge in [0.2, 0.25) is 5.88 Å². The first-order valence-electron chi connectivity index (χ1n) is 6.58. The molecule has 0 atom stereocenters. The Morgan fingerprint density at radius 2 is 1.94 bits per heavy atom. The maximum Gasteiger partial charge on any atom is 0.218 e. The van der Waals surface area contributed by atoms with E-state index < -0.39 is 0 Å². The van der Waals surface area contributed by atoms with Gasteiger partial charge < -0.3 is 10.5 Å². The molecule has 2 N–H and O–H groups in total. The molecule has 2 fully saturated rings. The van der Waals surface area contributed by atoms with Crippen LogP contribution in [0.1, 0.15) is 50.3 Å². The van der Waals surface area contributed by atoms with Crippen molar-refractivity contribution in [1.29, 1.82) is 0 Å². The lowest BCUT2D eigenvalue weighted by Gasteiger charge is -2.11. The van der Waals surface area contributed by atoms with Crippen molar-refractivity contribution < 1.29 is 4.74 Å². The molecule has 1 heterocycles. The maximum absolute atomic E-state index is 5.78. The number of aromatic nitrogens is 2. The highest BCUT2D eigenvalue weighted by atomic mass is 16.5. The first kappa shape index (κ1) is 10.8. The molecule has 0 spiro atoms. The molecular formula is C13H19N3O. The summed E-state index contributed by atoms with van der Waals surface area (Å²) < 4.78 is 5.76. The number of nitrogens with zero attached hydrogens (tertiary/aromatic N) is 2. The van der Waals surface area contributed by atoms with E-state index >= 15 is 0 Å². The summed E-state index contributed by atoms with van der Waals surface area (Å²) in [5.41, 5.74) is 5.78. The summed E-state index contributed by atoms with van der Waals surface area (Å²) in [6.45, 7) is 0.778. The molecule has 4 nitrogen and oxygen atoms in total. The SMILES string of the molecule is Nc1cc(OCC2CCCC2)nc(C2CC2)n1. The van der Waals surface area contributed by atoms with Gasteiger partial charge in [-0.1, -0.05) is 12.8 Å². The highest BCUT2D eigenvalue weighted by Crippen LogP contribution is 2.38. The lowest BCUT2D eigenvalue weighted by Crippen LogP contribution is -2.10. The molecule has 2 aliphatic carbocycles. The van der Waals surface area contributed by atoms with Crippen molar-refractivity contribution >= 4 is 5.82 Å². The van der Waals surface area contributed by atoms with Gasteiger partial charge in [-0.25, -0.2) is 4.98 Å². The number of nitrogen functional groups attached to an aromatic ring is 1. The third-order valence-corrected chi connectivity index (χ3v) is 3.62. The molecule has 2 aliphatic rings. The summed E-state index contributed by atoms with van der Waals surface area (Å²) in [5, 5.41) is 0. The van der Waals surface area contributed by atoms with Gasteiger partial charge in [0.25, 0.3) is 0 Å². The van der Waals surface area contributed by atoms with Crippen LogP contribution >= 0.6 is 0 Å². The van der Waals surface area contributed by atoms with Crippen LogP contribution < -0.4 is 10.5 Å². The number of ether oxygens (including phenoxy) is 1. The molecular weight excluding hydrogens is 214 g/mol. The second kappa shape index (κ2) is 4.51. The average Bonchev–Trinajstić information content (AvgIpc) is 3.04. The second-order valence-corrected chi connectivity index (χ2v) is 5.23. The minimum absolute atomic E-state index is 0.521. The van der Waals surface area contributed by atoms with Gasteiger partial charge in [-0.15, -0.1) is 0 Å². The van der Waals surface area contributed by atoms with Crippen LogP contribution in [0, 0.1) is 5.92 Å². The van der Waals surface area contributed by atoms with E-state index in [1.807, 2.05) is 0 Å². The molecule has 1 aromatic rings. The topological polar surface area (TPSA) is 61.0 Å². The first-order chi connectivity index (χ1) is 8.31. The van der Waals surface area contributed by atoms with Gasteiger partial charge in [-0.2, -0.15) is 4.98 Å². The third kappa shape index (κ3) is 2.68. The van der Waals surface area contributed by atoms with Gasteiger partial charge in [0.1, 0.15) is 11.6 Å². The van der Waals surface area contributed by atoms with Crippen molar-refractivity contribution in [2.75, 3.05) is 12.3 Å². The molecule has 0 aromatic carbocycles. The fourth-order valence-corrected chi connectivity index (χ4v) is 2.44. The highest BCUT2D eigenvalue weighted by Gasteiger charge is 2.27. The van der Waals surface area contributed by atoms with Crippen LogP contribution in [0.5, 0.6) is 5.88 Å². The van der Waals surface area contributed by atoms with E-state index in [4.69, 9.17) is 10.5 Å². The van der Waals surface area contributed by atoms with Crippen molar-refractivity contribution in [3.63, 3.8) is 0 Å². The van der Waals surface area contributed by atoms with Crippen LogP contribution in [0.25, 0.3) is 0 Å². The Labute approximate surface area is 102 Å². The lowest BCUT2D eigenvalue weighted by atomic mass is 10.1. The fourth-order valence-electron chi connectivity index (χ4n) is 2.44. The molecule has 92 valence electrons. The maximum atomic E-state index is 5.78. The normalized spacial score (nSPS) is 20.7. The van der Waals surface area contributed by atoms with Gasteiger partial charge >= 0.3 is 0 Å². The van der Waals surface area contributed by atoms with E-state index in [2.05, 4.69) is 9.97 Å². The van der Waals surface area contributed by atoms with Gasteiger partial charge in [-0.3, -0.25) is 0 Å². The van der Waals surface area contributed by atoms with Gasteiger partial charge in [0, 0.05) is 12.0 Å². The van der Waals surface area contributed by atoms with Crippen LogP contribution in [0.3, 0.4) is 0 Å². The monoisotopic (exact) mass is 233 g/mol. The molecule has 0 saturated heterocycles. The number of hydrogen-bond donors (Lipinski definition) is 1. The summed E-state index contributed by atoms with van der Waals surface area (Å²) in [5.74, 6) is 3.28. The summed E-state index contributed by atoms with van der Waals surface area (Å²) in [6.07, 6.45) is 7.63. The largest absolute Gasteiger partial charge is 0.477 e. The predicted molar refractivity (Wildman–Crippen MR) is 65.9 cm³/mol. The lowest BCUT2D eigenvalue weighted by molar-refractivity contribution is 0.242. The Bertz CT molecular complexity index is 398. The molecule has 0 radical (unpaired) electrons. The van der Waals surface area contributed by atoms with Crippen LogP contribution in [0.2, 0.25) is 0 Å². The molecule has 3 rings (SSSR count). The summed E-state index contributed by atoms with van der Waals surface area (Å²) in [4.78, 5) is 8.71. The van der Waals surface area contributed by atoms with Crippen molar-refractivity contribution in [3.05, 3.63) is 11.9 Å². The zero-order chi connectivity index (χ0) is 11.7. The first-order valence-corrected chi connectivity index (χ1v) is 6.58. The third-order valence-electron chi connectivity index (χ3n) is 3.62. The second-order valence-electron chi connectivity index (χ2n) is 5.23. The van der Waals surface area contributed by atoms with Gasteiger partial charge in [0.05, 0.1) is 6.61 Å². The van der Waals surface area contributed by atoms with Gasteiger partial charge in [-0.05, 0) is 31.6 Å². The van der Waals surface area contributed by atoms with E-state index in [0.29, 0.717) is 23.5 Å². The van der Waals surface area contributed by atoms with Crippen molar-refractivity contribution in [2.45, 2.75) is 44.4 Å². The van der Waals surface area contributed by atoms with Crippen LogP contribution in [0.4, 0.5) is 5.82 Å². The van der Waals surface area contributed by atoms with Crippen LogP contribution in [-0.4, -0.2) is 16.6 Å². The van der Waals surface area contributed by atoms with Crippen LogP contribution in [-0.2, 0) is 0 Å². The molecule has 0 amide bonds. The predicted octanol–water partition coefficient (Wildman–Crippen LogP) is 2.51. The number of hydrogen-bond acceptors (Lipinski definition) is 4. The molecule has 1 aromatic heterocycles. The zero-order valence-corrected chi connectivity index (χ0v) is 10.1. The van der Waals surface area contributed by atoms with Crippen molar-refractivity contribution in [2.24, 2.45) is 5.92 Å². The highest BCUT2D eigenvalue weighted by molar-refractivity contribution is 5.34. The summed E-state index contributed by atoms with van der Waals surface area (Å²) in [6, 6.07) is 1.74. The molecule has 0 unspecified atom stereocenters. The Morgan fingerprint density at radius 3 is 2.65 bits per heavy atom. The van der Waals surface area contributed by atoms with E-state index in [0.717, 1.165) is 12.4 Å². The van der Waals surface area contributed by atoms with E-state index in [1.54, 1.807) is 6.07 Å². The van der Waals surface area contributed by atoms with E-state index in [9.17, 15) is 0 Å². The molecule has 4 heteroatoms. The van der Waals surface area contributed by atoms with Crippen molar-refractivity contribution in [3.8, 4) is 5.88 Å². The Morgan fingerprint density at radius 1 is 1.18 bits per heavy atom. The summed E-state index contributed by atoms with van der Waals surface area (Å²) in [7, 11) is 0. The van der Waals surface area contributed by atoms with E-state index in [1.165, 1.54) is 38.5 Å². The van der Waals surface area contributed by atoms with Crippen molar-refractivity contribution in [1.82, 2.24) is 9.97 Å². The van der Waals surface area contributed by atoms with E-state index in [-0.39, 0.29) is 0 Å². The molecule has 0 aliphatic heterocycles. The minimum atomic E-state index is 0.521. The van der Waals surface area contributed by atoms with Crippen LogP contribution in [0.15, 0.2) is 6.07 Å². The number of rotatable bonds is 4. The molecule has 2 saturated carbocycles. The molecule has 17 heavy (non-hydrogen) atoms. The zero-order valence-electron chi connectivity index (χ0n) is 10.1. The molecule has 0 bridgehead atoms.